The third-order valence-corrected chi connectivity index (χ3v) is 7.38. The van der Waals surface area contributed by atoms with Crippen LogP contribution in [0.15, 0.2) is 35.5 Å². The highest BCUT2D eigenvalue weighted by molar-refractivity contribution is 8.00. The molecule has 0 aliphatic carbocycles. The number of thioether (sulfide) groups is 1. The van der Waals surface area contributed by atoms with Gasteiger partial charge in [0.25, 0.3) is 5.91 Å². The Morgan fingerprint density at radius 1 is 1.38 bits per heavy atom. The standard InChI is InChI=1S/C19H20N8O5S2/c1-9-23-25-27(24-9)34-7-11-6-33-18-14(17(30)26(18)15(11)19(31)32)22-16(29)13(20)10-2-4-12(5-3-10)21-8-28/h2-5,8,13-14,18H,6-7,20H2,1H3,(H,21,28)(H,22,29)(H,31,32)/t13?,14?,18-/m1/s1. The number of fused-ring (bicyclic) bond motifs is 1. The van der Waals surface area contributed by atoms with Gasteiger partial charge < -0.3 is 21.5 Å². The lowest BCUT2D eigenvalue weighted by molar-refractivity contribution is -0.150. The molecule has 1 aromatic heterocycles. The van der Waals surface area contributed by atoms with E-state index in [0.29, 0.717) is 34.8 Å². The molecule has 1 fully saturated rings. The summed E-state index contributed by atoms with van der Waals surface area (Å²) in [6.45, 7) is 1.69. The van der Waals surface area contributed by atoms with Gasteiger partial charge in [-0.05, 0) is 35.4 Å². The van der Waals surface area contributed by atoms with Crippen LogP contribution in [0.5, 0.6) is 0 Å². The minimum atomic E-state index is -1.22. The molecule has 0 bridgehead atoms. The highest BCUT2D eigenvalue weighted by atomic mass is 32.2. The lowest BCUT2D eigenvalue weighted by Gasteiger charge is -2.49. The van der Waals surface area contributed by atoms with Gasteiger partial charge in [-0.2, -0.15) is 0 Å². The van der Waals surface area contributed by atoms with Gasteiger partial charge in [-0.3, -0.25) is 19.3 Å². The molecule has 2 aliphatic heterocycles. The molecular weight excluding hydrogens is 484 g/mol. The number of β-lactam (4-membered cyclic amide) rings is 1. The summed E-state index contributed by atoms with van der Waals surface area (Å²) >= 11 is 2.52. The number of carbonyl (C=O) groups excluding carboxylic acids is 3. The highest BCUT2D eigenvalue weighted by Gasteiger charge is 2.54. The Kier molecular flexibility index (Phi) is 6.85. The predicted molar refractivity (Wildman–Crippen MR) is 123 cm³/mol. The number of nitrogens with one attached hydrogen (secondary N) is 2. The molecule has 3 heterocycles. The van der Waals surface area contributed by atoms with Crippen molar-refractivity contribution in [3.05, 3.63) is 46.9 Å². The van der Waals surface area contributed by atoms with Crippen LogP contribution < -0.4 is 16.4 Å². The molecule has 4 rings (SSSR count). The molecule has 178 valence electrons. The Hall–Kier alpha value is -3.43. The van der Waals surface area contributed by atoms with Gasteiger partial charge in [-0.25, -0.2) is 4.79 Å². The molecule has 2 aromatic rings. The number of aliphatic carboxylic acids is 1. The van der Waals surface area contributed by atoms with Crippen LogP contribution in [0.3, 0.4) is 0 Å². The minimum absolute atomic E-state index is 0.0915. The molecule has 3 amide bonds. The fraction of sp³-hybridized carbons (Fsp3) is 0.316. The number of aromatic nitrogens is 4. The number of aryl methyl sites for hydroxylation is 1. The summed E-state index contributed by atoms with van der Waals surface area (Å²) in [6.07, 6.45) is 0.536. The molecule has 2 aliphatic rings. The summed E-state index contributed by atoms with van der Waals surface area (Å²) in [6, 6.07) is 4.47. The van der Waals surface area contributed by atoms with E-state index in [1.807, 2.05) is 0 Å². The van der Waals surface area contributed by atoms with Crippen molar-refractivity contribution < 1.29 is 24.3 Å². The number of benzene rings is 1. The average Bonchev–Trinajstić information content (AvgIpc) is 3.25. The average molecular weight is 505 g/mol. The lowest BCUT2D eigenvalue weighted by Crippen LogP contribution is -2.71. The van der Waals surface area contributed by atoms with Crippen molar-refractivity contribution in [2.24, 2.45) is 5.73 Å². The first kappa shape index (κ1) is 23.7. The van der Waals surface area contributed by atoms with Crippen LogP contribution in [0.25, 0.3) is 0 Å². The van der Waals surface area contributed by atoms with E-state index >= 15 is 0 Å². The summed E-state index contributed by atoms with van der Waals surface area (Å²) in [4.78, 5) is 49.2. The van der Waals surface area contributed by atoms with Crippen molar-refractivity contribution in [2.45, 2.75) is 24.4 Å². The van der Waals surface area contributed by atoms with Crippen LogP contribution in [0.2, 0.25) is 0 Å². The molecule has 0 radical (unpaired) electrons. The molecule has 1 saturated heterocycles. The maximum Gasteiger partial charge on any atom is 0.352 e. The number of amides is 3. The fourth-order valence-electron chi connectivity index (χ4n) is 3.50. The zero-order valence-electron chi connectivity index (χ0n) is 17.7. The molecule has 3 atom stereocenters. The summed E-state index contributed by atoms with van der Waals surface area (Å²) in [5, 5.41) is 26.0. The Labute approximate surface area is 201 Å². The molecule has 5 N–H and O–H groups in total. The van der Waals surface area contributed by atoms with Crippen LogP contribution in [0.4, 0.5) is 5.69 Å². The molecule has 13 nitrogen and oxygen atoms in total. The molecular formula is C19H20N8O5S2. The molecule has 15 heteroatoms. The van der Waals surface area contributed by atoms with E-state index in [1.54, 1.807) is 31.2 Å². The first-order chi connectivity index (χ1) is 16.3. The van der Waals surface area contributed by atoms with Gasteiger partial charge >= 0.3 is 5.97 Å². The Bertz CT molecular complexity index is 1170. The largest absolute Gasteiger partial charge is 0.477 e. The zero-order valence-corrected chi connectivity index (χ0v) is 19.4. The molecule has 34 heavy (non-hydrogen) atoms. The number of carboxylic acid groups (broad SMARTS) is 1. The van der Waals surface area contributed by atoms with Crippen molar-refractivity contribution in [3.63, 3.8) is 0 Å². The van der Waals surface area contributed by atoms with Gasteiger partial charge in [0.05, 0.1) is 0 Å². The maximum absolute atomic E-state index is 12.8. The van der Waals surface area contributed by atoms with Crippen LogP contribution in [-0.4, -0.2) is 76.7 Å². The monoisotopic (exact) mass is 504 g/mol. The quantitative estimate of drug-likeness (QED) is 0.254. The summed E-state index contributed by atoms with van der Waals surface area (Å²) < 4.78 is 1.29. The molecule has 0 saturated carbocycles. The number of rotatable bonds is 9. The van der Waals surface area contributed by atoms with Crippen molar-refractivity contribution in [1.82, 2.24) is 29.8 Å². The second-order valence-corrected chi connectivity index (χ2v) is 9.36. The summed E-state index contributed by atoms with van der Waals surface area (Å²) in [5.74, 6) is -1.19. The normalized spacial score (nSPS) is 20.3. The van der Waals surface area contributed by atoms with Crippen molar-refractivity contribution >= 4 is 53.6 Å². The fourth-order valence-corrected chi connectivity index (χ4v) is 5.75. The Balaban J connectivity index is 1.42. The highest BCUT2D eigenvalue weighted by Crippen LogP contribution is 2.41. The van der Waals surface area contributed by atoms with Crippen molar-refractivity contribution in [2.75, 3.05) is 16.8 Å². The van der Waals surface area contributed by atoms with E-state index < -0.39 is 35.2 Å². The minimum Gasteiger partial charge on any atom is -0.477 e. The molecule has 0 spiro atoms. The van der Waals surface area contributed by atoms with Crippen molar-refractivity contribution in [3.8, 4) is 0 Å². The van der Waals surface area contributed by atoms with Crippen LogP contribution >= 0.6 is 23.7 Å². The van der Waals surface area contributed by atoms with E-state index in [2.05, 4.69) is 26.0 Å². The number of carbonyl (C=O) groups is 4. The number of anilines is 1. The summed E-state index contributed by atoms with van der Waals surface area (Å²) in [7, 11) is 0. The first-order valence-electron chi connectivity index (χ1n) is 9.96. The zero-order chi connectivity index (χ0) is 24.4. The number of nitrogens with two attached hydrogens (primary N) is 1. The number of carboxylic acids is 1. The Morgan fingerprint density at radius 2 is 2.12 bits per heavy atom. The van der Waals surface area contributed by atoms with E-state index in [-0.39, 0.29) is 11.4 Å². The van der Waals surface area contributed by atoms with Crippen LogP contribution in [-0.2, 0) is 19.2 Å². The van der Waals surface area contributed by atoms with E-state index in [1.165, 1.54) is 20.9 Å². The van der Waals surface area contributed by atoms with Crippen molar-refractivity contribution in [1.29, 1.82) is 0 Å². The number of hydrogen-bond acceptors (Lipinski definition) is 10. The smallest absolute Gasteiger partial charge is 0.352 e. The molecule has 2 unspecified atom stereocenters. The van der Waals surface area contributed by atoms with E-state index in [4.69, 9.17) is 5.73 Å². The molecule has 1 aromatic carbocycles. The number of tetrazole rings is 1. The Morgan fingerprint density at radius 3 is 2.74 bits per heavy atom. The second kappa shape index (κ2) is 9.82. The lowest BCUT2D eigenvalue weighted by atomic mass is 10.0. The first-order valence-corrected chi connectivity index (χ1v) is 11.9. The number of nitrogens with zero attached hydrogens (tertiary/aromatic N) is 5. The topological polar surface area (TPSA) is 185 Å². The van der Waals surface area contributed by atoms with E-state index in [9.17, 15) is 24.3 Å². The third-order valence-electron chi connectivity index (χ3n) is 5.18. The van der Waals surface area contributed by atoms with Gasteiger partial charge in [-0.15, -0.1) is 26.2 Å². The van der Waals surface area contributed by atoms with Gasteiger partial charge in [0.1, 0.15) is 23.2 Å². The number of hydrogen-bond donors (Lipinski definition) is 4. The third kappa shape index (κ3) is 4.62. The van der Waals surface area contributed by atoms with Crippen LogP contribution in [0, 0.1) is 6.92 Å². The predicted octanol–water partition coefficient (Wildman–Crippen LogP) is -0.515. The van der Waals surface area contributed by atoms with Gasteiger partial charge in [0.15, 0.2) is 5.82 Å². The van der Waals surface area contributed by atoms with Gasteiger partial charge in [0, 0.05) is 29.1 Å². The second-order valence-electron chi connectivity index (χ2n) is 7.38. The summed E-state index contributed by atoms with van der Waals surface area (Å²) in [5.41, 5.74) is 7.54. The van der Waals surface area contributed by atoms with Gasteiger partial charge in [0.2, 0.25) is 12.3 Å². The van der Waals surface area contributed by atoms with E-state index in [0.717, 1.165) is 11.9 Å². The van der Waals surface area contributed by atoms with Crippen LogP contribution in [0.1, 0.15) is 17.4 Å². The van der Waals surface area contributed by atoms with Gasteiger partial charge in [-0.1, -0.05) is 12.1 Å². The SMILES string of the molecule is Cc1nnn(SCC2=C(C(=O)O)N3C(=O)C(NC(=O)C(N)c4ccc(NC=O)cc4)[C@H]3SC2)n1. The maximum atomic E-state index is 12.8.